The maximum atomic E-state index is 11.2. The van der Waals surface area contributed by atoms with E-state index in [1.807, 2.05) is 38.1 Å². The van der Waals surface area contributed by atoms with Crippen LogP contribution in [0.1, 0.15) is 19.4 Å². The summed E-state index contributed by atoms with van der Waals surface area (Å²) in [5.41, 5.74) is 3.67. The van der Waals surface area contributed by atoms with Gasteiger partial charge < -0.3 is 9.72 Å². The number of aromatic nitrogens is 2. The lowest BCUT2D eigenvalue weighted by Crippen LogP contribution is -2.05. The Balaban J connectivity index is 2.09. The van der Waals surface area contributed by atoms with Crippen molar-refractivity contribution in [2.24, 2.45) is 0 Å². The highest BCUT2D eigenvalue weighted by atomic mass is 16.5. The van der Waals surface area contributed by atoms with Crippen molar-refractivity contribution < 1.29 is 4.74 Å². The predicted octanol–water partition coefficient (Wildman–Crippen LogP) is 3.69. The predicted molar refractivity (Wildman–Crippen MR) is 88.3 cm³/mol. The molecular weight excluding hydrogens is 276 g/mol. The zero-order chi connectivity index (χ0) is 15.7. The van der Waals surface area contributed by atoms with Gasteiger partial charge in [0.2, 0.25) is 5.56 Å². The van der Waals surface area contributed by atoms with E-state index < -0.39 is 0 Å². The van der Waals surface area contributed by atoms with E-state index in [1.54, 1.807) is 12.3 Å². The van der Waals surface area contributed by atoms with Crippen molar-refractivity contribution in [3.63, 3.8) is 0 Å². The number of rotatable bonds is 3. The third-order valence-electron chi connectivity index (χ3n) is 3.44. The Hall–Kier alpha value is -2.62. The largest absolute Gasteiger partial charge is 0.491 e. The summed E-state index contributed by atoms with van der Waals surface area (Å²) >= 11 is 0. The monoisotopic (exact) mass is 294 g/mol. The molecule has 0 amide bonds. The van der Waals surface area contributed by atoms with Crippen LogP contribution in [-0.4, -0.2) is 16.1 Å². The van der Waals surface area contributed by atoms with Gasteiger partial charge in [-0.1, -0.05) is 0 Å². The molecule has 0 bridgehead atoms. The number of hydrogen-bond acceptors (Lipinski definition) is 3. The van der Waals surface area contributed by atoms with Crippen LogP contribution in [-0.2, 0) is 0 Å². The molecule has 4 heteroatoms. The summed E-state index contributed by atoms with van der Waals surface area (Å²) in [6.45, 7) is 6.07. The van der Waals surface area contributed by atoms with Crippen LogP contribution in [0, 0.1) is 6.92 Å². The van der Waals surface area contributed by atoms with Crippen LogP contribution in [0.15, 0.2) is 47.4 Å². The Labute approximate surface area is 128 Å². The fourth-order valence-electron chi connectivity index (χ4n) is 2.44. The first-order chi connectivity index (χ1) is 10.5. The number of nitrogens with one attached hydrogen (secondary N) is 1. The molecule has 0 spiro atoms. The van der Waals surface area contributed by atoms with E-state index in [-0.39, 0.29) is 11.7 Å². The third kappa shape index (κ3) is 2.86. The lowest BCUT2D eigenvalue weighted by Gasteiger charge is -2.12. The van der Waals surface area contributed by atoms with Gasteiger partial charge in [-0.2, -0.15) is 0 Å². The second-order valence-corrected chi connectivity index (χ2v) is 5.61. The second kappa shape index (κ2) is 5.64. The molecule has 0 aliphatic rings. The van der Waals surface area contributed by atoms with Gasteiger partial charge in [-0.25, -0.2) is 4.98 Å². The summed E-state index contributed by atoms with van der Waals surface area (Å²) in [4.78, 5) is 18.5. The van der Waals surface area contributed by atoms with Gasteiger partial charge in [0, 0.05) is 23.2 Å². The highest BCUT2D eigenvalue weighted by Gasteiger charge is 2.07. The number of fused-ring (bicyclic) bond motifs is 1. The normalized spacial score (nSPS) is 11.1. The molecule has 1 N–H and O–H groups in total. The molecule has 22 heavy (non-hydrogen) atoms. The van der Waals surface area contributed by atoms with E-state index in [0.29, 0.717) is 0 Å². The summed E-state index contributed by atoms with van der Waals surface area (Å²) in [7, 11) is 0. The number of ether oxygens (including phenoxy) is 1. The molecule has 0 saturated heterocycles. The molecule has 3 rings (SSSR count). The van der Waals surface area contributed by atoms with E-state index in [0.717, 1.165) is 33.5 Å². The molecular formula is C18H18N2O2. The van der Waals surface area contributed by atoms with Gasteiger partial charge in [0.15, 0.2) is 0 Å². The number of hydrogen-bond donors (Lipinski definition) is 1. The van der Waals surface area contributed by atoms with Crippen molar-refractivity contribution in [2.75, 3.05) is 0 Å². The van der Waals surface area contributed by atoms with E-state index in [1.165, 1.54) is 6.07 Å². The highest BCUT2D eigenvalue weighted by molar-refractivity contribution is 5.86. The van der Waals surface area contributed by atoms with Crippen molar-refractivity contribution in [3.8, 4) is 17.0 Å². The van der Waals surface area contributed by atoms with Gasteiger partial charge in [0.05, 0.1) is 17.3 Å². The highest BCUT2D eigenvalue weighted by Crippen LogP contribution is 2.27. The Morgan fingerprint density at radius 3 is 2.64 bits per heavy atom. The molecule has 3 aromatic rings. The van der Waals surface area contributed by atoms with Crippen LogP contribution in [0.4, 0.5) is 0 Å². The van der Waals surface area contributed by atoms with Crippen molar-refractivity contribution in [3.05, 3.63) is 58.5 Å². The minimum Gasteiger partial charge on any atom is -0.491 e. The molecule has 0 unspecified atom stereocenters. The second-order valence-electron chi connectivity index (χ2n) is 5.61. The van der Waals surface area contributed by atoms with Crippen molar-refractivity contribution in [2.45, 2.75) is 26.9 Å². The number of aromatic amines is 1. The number of aryl methyl sites for hydroxylation is 1. The number of H-pyrrole nitrogens is 1. The molecule has 2 aromatic heterocycles. The maximum absolute atomic E-state index is 11.2. The standard InChI is InChI=1S/C18H18N2O2/c1-11(2)22-14-5-6-16-15(9-14)12(3)8-17(20-16)13-4-7-18(21)19-10-13/h4-11H,1-3H3,(H,19,21). The van der Waals surface area contributed by atoms with Gasteiger partial charge in [-0.05, 0) is 56.7 Å². The summed E-state index contributed by atoms with van der Waals surface area (Å²) in [5.74, 6) is 0.851. The first-order valence-electron chi connectivity index (χ1n) is 7.30. The molecule has 0 fully saturated rings. The molecule has 4 nitrogen and oxygen atoms in total. The average molecular weight is 294 g/mol. The zero-order valence-corrected chi connectivity index (χ0v) is 12.9. The van der Waals surface area contributed by atoms with Crippen LogP contribution >= 0.6 is 0 Å². The van der Waals surface area contributed by atoms with Gasteiger partial charge in [-0.3, -0.25) is 4.79 Å². The van der Waals surface area contributed by atoms with Crippen LogP contribution < -0.4 is 10.3 Å². The SMILES string of the molecule is Cc1cc(-c2ccc(=O)[nH]c2)nc2ccc(OC(C)C)cc12. The summed E-state index contributed by atoms with van der Waals surface area (Å²) in [6.07, 6.45) is 1.83. The van der Waals surface area contributed by atoms with Crippen LogP contribution in [0.2, 0.25) is 0 Å². The van der Waals surface area contributed by atoms with Gasteiger partial charge in [0.25, 0.3) is 0 Å². The maximum Gasteiger partial charge on any atom is 0.247 e. The first-order valence-corrected chi connectivity index (χ1v) is 7.30. The molecule has 0 saturated carbocycles. The van der Waals surface area contributed by atoms with Crippen molar-refractivity contribution in [1.29, 1.82) is 0 Å². The molecule has 0 aliphatic carbocycles. The van der Waals surface area contributed by atoms with Gasteiger partial charge >= 0.3 is 0 Å². The number of pyridine rings is 2. The summed E-state index contributed by atoms with van der Waals surface area (Å²) < 4.78 is 5.74. The summed E-state index contributed by atoms with van der Waals surface area (Å²) in [5, 5.41) is 1.08. The molecule has 1 aromatic carbocycles. The van der Waals surface area contributed by atoms with Crippen LogP contribution in [0.25, 0.3) is 22.2 Å². The third-order valence-corrected chi connectivity index (χ3v) is 3.44. The molecule has 0 atom stereocenters. The van der Waals surface area contributed by atoms with Crippen molar-refractivity contribution in [1.82, 2.24) is 9.97 Å². The van der Waals surface area contributed by atoms with Crippen LogP contribution in [0.3, 0.4) is 0 Å². The van der Waals surface area contributed by atoms with Gasteiger partial charge in [0.1, 0.15) is 5.75 Å². The van der Waals surface area contributed by atoms with Gasteiger partial charge in [-0.15, -0.1) is 0 Å². The Morgan fingerprint density at radius 2 is 1.95 bits per heavy atom. The first kappa shape index (κ1) is 14.3. The number of nitrogens with zero attached hydrogens (tertiary/aromatic N) is 1. The fraction of sp³-hybridized carbons (Fsp3) is 0.222. The summed E-state index contributed by atoms with van der Waals surface area (Å²) in [6, 6.07) is 11.2. The molecule has 0 radical (unpaired) electrons. The fourth-order valence-corrected chi connectivity index (χ4v) is 2.44. The quantitative estimate of drug-likeness (QED) is 0.801. The zero-order valence-electron chi connectivity index (χ0n) is 12.9. The van der Waals surface area contributed by atoms with E-state index in [4.69, 9.17) is 4.74 Å². The van der Waals surface area contributed by atoms with E-state index >= 15 is 0 Å². The minimum atomic E-state index is -0.114. The smallest absolute Gasteiger partial charge is 0.247 e. The average Bonchev–Trinajstić information content (AvgIpc) is 2.48. The topological polar surface area (TPSA) is 55.0 Å². The number of benzene rings is 1. The molecule has 112 valence electrons. The van der Waals surface area contributed by atoms with Crippen molar-refractivity contribution >= 4 is 10.9 Å². The molecule has 2 heterocycles. The Kier molecular flexibility index (Phi) is 3.67. The lowest BCUT2D eigenvalue weighted by molar-refractivity contribution is 0.243. The minimum absolute atomic E-state index is 0.114. The van der Waals surface area contributed by atoms with E-state index in [2.05, 4.69) is 16.9 Å². The Morgan fingerprint density at radius 1 is 1.14 bits per heavy atom. The van der Waals surface area contributed by atoms with E-state index in [9.17, 15) is 4.79 Å². The molecule has 0 aliphatic heterocycles. The van der Waals surface area contributed by atoms with Crippen LogP contribution in [0.5, 0.6) is 5.75 Å². The Bertz CT molecular complexity index is 861. The lowest BCUT2D eigenvalue weighted by atomic mass is 10.1.